The van der Waals surface area contributed by atoms with E-state index in [2.05, 4.69) is 20.9 Å². The molecule has 0 spiro atoms. The van der Waals surface area contributed by atoms with Crippen molar-refractivity contribution in [3.8, 4) is 5.75 Å². The molecule has 6 nitrogen and oxygen atoms in total. The molecule has 0 unspecified atom stereocenters. The molecule has 128 valence electrons. The number of carbonyl (C=O) groups is 2. The van der Waals surface area contributed by atoms with Crippen LogP contribution in [0.5, 0.6) is 5.75 Å². The zero-order chi connectivity index (χ0) is 18.0. The largest absolute Gasteiger partial charge is 0.483 e. The van der Waals surface area contributed by atoms with Gasteiger partial charge in [-0.3, -0.25) is 15.0 Å². The Balaban J connectivity index is 1.81. The minimum Gasteiger partial charge on any atom is -0.483 e. The van der Waals surface area contributed by atoms with E-state index in [9.17, 15) is 9.59 Å². The number of nitrogens with zero attached hydrogens (tertiary/aromatic N) is 1. The van der Waals surface area contributed by atoms with Crippen molar-refractivity contribution in [3.63, 3.8) is 0 Å². The van der Waals surface area contributed by atoms with Gasteiger partial charge in [-0.25, -0.2) is 4.98 Å². The zero-order valence-electron chi connectivity index (χ0n) is 12.7. The normalized spacial score (nSPS) is 18.8. The average molecular weight is 438 g/mol. The molecule has 2 aromatic rings. The molecular formula is C16H12BrN3O3S2. The van der Waals surface area contributed by atoms with Gasteiger partial charge < -0.3 is 10.5 Å². The Hall–Kier alpha value is -1.97. The van der Waals surface area contributed by atoms with Crippen molar-refractivity contribution >= 4 is 61.8 Å². The fourth-order valence-corrected chi connectivity index (χ4v) is 4.53. The van der Waals surface area contributed by atoms with Crippen LogP contribution in [0.3, 0.4) is 0 Å². The molecule has 0 aliphatic carbocycles. The van der Waals surface area contributed by atoms with Crippen LogP contribution in [-0.2, 0) is 9.59 Å². The number of hydrogen-bond donors (Lipinski definition) is 2. The number of amides is 1. The standard InChI is InChI=1S/C16H12BrN3O3S2/c17-9-5-8(1-2-10(9)23-7-12(18)21)6-11-14(22)13(15(19)25-11)16-20-3-4-24-16/h1-6,13,19H,7H2,(H2,18,21)/b11-6-,19-15?/t13-/m1/s1. The topological polar surface area (TPSA) is 106 Å². The van der Waals surface area contributed by atoms with Crippen molar-refractivity contribution in [2.24, 2.45) is 5.73 Å². The number of aromatic nitrogens is 1. The summed E-state index contributed by atoms with van der Waals surface area (Å²) in [5.41, 5.74) is 5.84. The van der Waals surface area contributed by atoms with Crippen LogP contribution in [0.15, 0.2) is 39.2 Å². The van der Waals surface area contributed by atoms with Crippen molar-refractivity contribution in [1.82, 2.24) is 4.98 Å². The number of ether oxygens (including phenoxy) is 1. The van der Waals surface area contributed by atoms with Gasteiger partial charge in [0.15, 0.2) is 12.4 Å². The molecule has 1 aliphatic heterocycles. The van der Waals surface area contributed by atoms with E-state index in [4.69, 9.17) is 15.9 Å². The molecule has 1 saturated heterocycles. The Morgan fingerprint density at radius 3 is 2.92 bits per heavy atom. The van der Waals surface area contributed by atoms with E-state index < -0.39 is 11.8 Å². The summed E-state index contributed by atoms with van der Waals surface area (Å²) in [6.45, 7) is -0.208. The Bertz CT molecular complexity index is 881. The molecule has 1 atom stereocenters. The van der Waals surface area contributed by atoms with Crippen LogP contribution in [0, 0.1) is 5.41 Å². The number of carbonyl (C=O) groups excluding carboxylic acids is 2. The smallest absolute Gasteiger partial charge is 0.255 e. The molecule has 1 aromatic carbocycles. The fraction of sp³-hybridized carbons (Fsp3) is 0.125. The lowest BCUT2D eigenvalue weighted by Crippen LogP contribution is -2.20. The maximum absolute atomic E-state index is 12.6. The van der Waals surface area contributed by atoms with E-state index in [1.165, 1.54) is 11.3 Å². The van der Waals surface area contributed by atoms with Gasteiger partial charge in [-0.1, -0.05) is 17.8 Å². The second kappa shape index (κ2) is 7.51. The van der Waals surface area contributed by atoms with Crippen LogP contribution in [0.4, 0.5) is 0 Å². The number of Topliss-reactive ketones (excluding diaryl/α,β-unsaturated/α-hetero) is 1. The highest BCUT2D eigenvalue weighted by atomic mass is 79.9. The third-order valence-corrected chi connectivity index (χ3v) is 5.76. The van der Waals surface area contributed by atoms with Crippen LogP contribution in [0.1, 0.15) is 16.5 Å². The van der Waals surface area contributed by atoms with Crippen molar-refractivity contribution in [1.29, 1.82) is 5.41 Å². The van der Waals surface area contributed by atoms with Gasteiger partial charge in [0.2, 0.25) is 0 Å². The highest BCUT2D eigenvalue weighted by molar-refractivity contribution is 9.10. The molecule has 1 aromatic heterocycles. The Labute approximate surface area is 160 Å². The van der Waals surface area contributed by atoms with Gasteiger partial charge in [-0.2, -0.15) is 0 Å². The van der Waals surface area contributed by atoms with Gasteiger partial charge in [-0.15, -0.1) is 11.3 Å². The number of halogens is 1. The maximum Gasteiger partial charge on any atom is 0.255 e. The first kappa shape index (κ1) is 17.8. The zero-order valence-corrected chi connectivity index (χ0v) is 15.9. The van der Waals surface area contributed by atoms with E-state index in [-0.39, 0.29) is 17.4 Å². The highest BCUT2D eigenvalue weighted by Crippen LogP contribution is 2.41. The van der Waals surface area contributed by atoms with Gasteiger partial charge in [0.05, 0.1) is 14.4 Å². The lowest BCUT2D eigenvalue weighted by molar-refractivity contribution is -0.120. The SMILES string of the molecule is N=C1S/C(=C\c2ccc(OCC(N)=O)c(Br)c2)C(=O)[C@H]1c1nccs1. The van der Waals surface area contributed by atoms with E-state index in [0.29, 0.717) is 20.1 Å². The molecular weight excluding hydrogens is 426 g/mol. The second-order valence-corrected chi connectivity index (χ2v) is 7.95. The highest BCUT2D eigenvalue weighted by Gasteiger charge is 2.38. The fourth-order valence-electron chi connectivity index (χ4n) is 2.22. The first-order valence-corrected chi connectivity index (χ1v) is 9.57. The molecule has 1 amide bonds. The van der Waals surface area contributed by atoms with E-state index in [0.717, 1.165) is 17.3 Å². The van der Waals surface area contributed by atoms with E-state index >= 15 is 0 Å². The van der Waals surface area contributed by atoms with Crippen molar-refractivity contribution in [2.75, 3.05) is 6.61 Å². The number of nitrogens with two attached hydrogens (primary N) is 1. The summed E-state index contributed by atoms with van der Waals surface area (Å²) in [5.74, 6) is -0.787. The minimum atomic E-state index is -0.599. The first-order valence-electron chi connectivity index (χ1n) is 7.08. The minimum absolute atomic E-state index is 0.116. The summed E-state index contributed by atoms with van der Waals surface area (Å²) in [6.07, 6.45) is 3.37. The molecule has 3 rings (SSSR count). The first-order chi connectivity index (χ1) is 12.0. The van der Waals surface area contributed by atoms with Crippen LogP contribution >= 0.6 is 39.0 Å². The lowest BCUT2D eigenvalue weighted by atomic mass is 10.1. The predicted octanol–water partition coefficient (Wildman–Crippen LogP) is 3.19. The molecule has 9 heteroatoms. The van der Waals surface area contributed by atoms with Gasteiger partial charge >= 0.3 is 0 Å². The molecule has 0 radical (unpaired) electrons. The number of nitrogens with one attached hydrogen (secondary N) is 1. The molecule has 1 fully saturated rings. The van der Waals surface area contributed by atoms with Gasteiger partial charge in [0.1, 0.15) is 16.7 Å². The molecule has 25 heavy (non-hydrogen) atoms. The summed E-state index contributed by atoms with van der Waals surface area (Å²) >= 11 is 5.89. The Morgan fingerprint density at radius 1 is 1.48 bits per heavy atom. The summed E-state index contributed by atoms with van der Waals surface area (Å²) in [5, 5.41) is 10.8. The molecule has 3 N–H and O–H groups in total. The number of thiazole rings is 1. The van der Waals surface area contributed by atoms with Gasteiger partial charge in [0, 0.05) is 11.6 Å². The number of thioether (sulfide) groups is 1. The van der Waals surface area contributed by atoms with Gasteiger partial charge in [-0.05, 0) is 39.7 Å². The monoisotopic (exact) mass is 437 g/mol. The van der Waals surface area contributed by atoms with E-state index in [1.54, 1.807) is 35.9 Å². The number of primary amides is 1. The Morgan fingerprint density at radius 2 is 2.28 bits per heavy atom. The molecule has 1 aliphatic rings. The molecule has 2 heterocycles. The number of allylic oxidation sites excluding steroid dienone is 1. The number of ketones is 1. The number of hydrogen-bond acceptors (Lipinski definition) is 7. The lowest BCUT2D eigenvalue weighted by Gasteiger charge is -2.07. The van der Waals surface area contributed by atoms with Crippen LogP contribution in [0.25, 0.3) is 6.08 Å². The molecule has 0 bridgehead atoms. The van der Waals surface area contributed by atoms with Crippen molar-refractivity contribution in [2.45, 2.75) is 5.92 Å². The van der Waals surface area contributed by atoms with Crippen LogP contribution < -0.4 is 10.5 Å². The van der Waals surface area contributed by atoms with E-state index in [1.807, 2.05) is 0 Å². The second-order valence-electron chi connectivity index (χ2n) is 5.09. The van der Waals surface area contributed by atoms with Crippen molar-refractivity contribution in [3.05, 3.63) is 49.7 Å². The van der Waals surface area contributed by atoms with Crippen LogP contribution in [0.2, 0.25) is 0 Å². The Kier molecular flexibility index (Phi) is 5.36. The summed E-state index contributed by atoms with van der Waals surface area (Å²) in [4.78, 5) is 28.0. The maximum atomic E-state index is 12.6. The predicted molar refractivity (Wildman–Crippen MR) is 102 cm³/mol. The van der Waals surface area contributed by atoms with Gasteiger partial charge in [0.25, 0.3) is 5.91 Å². The molecule has 0 saturated carbocycles. The third-order valence-electron chi connectivity index (χ3n) is 3.31. The van der Waals surface area contributed by atoms with Crippen molar-refractivity contribution < 1.29 is 14.3 Å². The summed E-state index contributed by atoms with van der Waals surface area (Å²) in [6, 6.07) is 5.23. The summed E-state index contributed by atoms with van der Waals surface area (Å²) in [7, 11) is 0. The third kappa shape index (κ3) is 4.00. The number of benzene rings is 1. The number of rotatable bonds is 5. The average Bonchev–Trinajstić information content (AvgIpc) is 3.15. The quantitative estimate of drug-likeness (QED) is 0.698. The van der Waals surface area contributed by atoms with Crippen LogP contribution in [-0.4, -0.2) is 28.3 Å². The summed E-state index contributed by atoms with van der Waals surface area (Å²) < 4.78 is 5.92.